The molecule has 0 saturated carbocycles. The molecule has 19 heteroatoms. The van der Waals surface area contributed by atoms with Gasteiger partial charge < -0.3 is 89.9 Å². The highest BCUT2D eigenvalue weighted by Crippen LogP contribution is 2.33. The zero-order chi connectivity index (χ0) is 66.1. The van der Waals surface area contributed by atoms with Gasteiger partial charge in [0, 0.05) is 6.42 Å². The number of rotatable bonds is 49. The van der Waals surface area contributed by atoms with Crippen LogP contribution in [0.1, 0.15) is 181 Å². The van der Waals surface area contributed by atoms with Crippen LogP contribution in [0, 0.1) is 0 Å². The number of unbranched alkanes of at least 4 members (excludes halogenated alkanes) is 13. The number of nitrogens with one attached hydrogen (secondary N) is 1. The number of hydrogen-bond acceptors (Lipinski definition) is 18. The average Bonchev–Trinajstić information content (AvgIpc) is 0.871. The summed E-state index contributed by atoms with van der Waals surface area (Å²) in [5, 5.41) is 120. The van der Waals surface area contributed by atoms with Crippen molar-refractivity contribution in [2.75, 3.05) is 26.4 Å². The summed E-state index contributed by atoms with van der Waals surface area (Å²) in [4.78, 5) is 13.4. The second-order valence-electron chi connectivity index (χ2n) is 23.5. The Morgan fingerprint density at radius 2 is 0.769 bits per heavy atom. The predicted octanol–water partition coefficient (Wildman–Crippen LogP) is 8.60. The van der Waals surface area contributed by atoms with Crippen LogP contribution in [0.25, 0.3) is 0 Å². The minimum Gasteiger partial charge on any atom is -0.394 e. The summed E-state index contributed by atoms with van der Waals surface area (Å²) < 4.78 is 34.2. The Hall–Kier alpha value is -4.07. The van der Waals surface area contributed by atoms with Crippen molar-refractivity contribution in [2.24, 2.45) is 0 Å². The largest absolute Gasteiger partial charge is 0.394 e. The fourth-order valence-electron chi connectivity index (χ4n) is 10.4. The van der Waals surface area contributed by atoms with Gasteiger partial charge in [0.05, 0.1) is 38.6 Å². The molecule has 3 fully saturated rings. The standard InChI is InChI=1S/C72H117NO18/c1-3-5-7-9-11-13-15-17-18-19-20-21-22-23-24-25-26-27-28-29-30-31-32-33-34-35-36-38-40-42-44-46-48-50-60(78)73-55(56(77)49-47-45-43-41-39-37-16-14-12-10-8-6-4-2)54-86-70-66(84)63(81)68(58(52-75)88-70)91-72-67(85)64(82)69(59(53-76)89-72)90-71-65(83)62(80)61(79)57(51-74)87-71/h5,7,11,13,17-18,20-21,23-24,26-27,29-30,32-33,35-36,39,41,47,49,55-59,61-72,74-77,79-85H,3-4,6,8-10,12,14-16,19,22,25,28,31,34,37-38,40,42-46,48,50-54H2,1-2H3,(H,73,78)/b7-5-,13-11-,18-17-,21-20-,24-23-,27-26-,30-29-,33-32-,36-35-,41-39+,49-47+. The molecule has 0 aromatic carbocycles. The van der Waals surface area contributed by atoms with Crippen molar-refractivity contribution < 1.29 is 89.4 Å². The van der Waals surface area contributed by atoms with Crippen molar-refractivity contribution in [2.45, 2.75) is 285 Å². The van der Waals surface area contributed by atoms with Crippen LogP contribution in [0.15, 0.2) is 134 Å². The highest BCUT2D eigenvalue weighted by molar-refractivity contribution is 5.76. The summed E-state index contributed by atoms with van der Waals surface area (Å²) in [5.41, 5.74) is 0. The zero-order valence-electron chi connectivity index (χ0n) is 54.5. The maximum absolute atomic E-state index is 13.4. The minimum absolute atomic E-state index is 0.203. The molecule has 3 heterocycles. The maximum atomic E-state index is 13.4. The number of aliphatic hydroxyl groups is 11. The summed E-state index contributed by atoms with van der Waals surface area (Å²) in [6, 6.07) is -1.01. The van der Waals surface area contributed by atoms with Crippen molar-refractivity contribution in [3.63, 3.8) is 0 Å². The molecule has 3 aliphatic rings. The van der Waals surface area contributed by atoms with E-state index in [1.54, 1.807) is 6.08 Å². The highest BCUT2D eigenvalue weighted by atomic mass is 16.8. The van der Waals surface area contributed by atoms with Gasteiger partial charge in [-0.15, -0.1) is 0 Å². The van der Waals surface area contributed by atoms with E-state index in [1.807, 2.05) is 6.08 Å². The molecule has 0 aromatic rings. The van der Waals surface area contributed by atoms with Gasteiger partial charge in [0.2, 0.25) is 5.91 Å². The molecule has 1 amide bonds. The first-order valence-corrected chi connectivity index (χ1v) is 33.9. The van der Waals surface area contributed by atoms with Crippen molar-refractivity contribution in [1.82, 2.24) is 5.32 Å². The molecular weight excluding hydrogens is 1170 g/mol. The third-order valence-electron chi connectivity index (χ3n) is 15.9. The summed E-state index contributed by atoms with van der Waals surface area (Å²) in [7, 11) is 0. The van der Waals surface area contributed by atoms with Crippen LogP contribution in [0.2, 0.25) is 0 Å². The quantitative estimate of drug-likeness (QED) is 0.0200. The number of allylic oxidation sites excluding steroid dienone is 21. The van der Waals surface area contributed by atoms with E-state index in [2.05, 4.69) is 141 Å². The number of amides is 1. The van der Waals surface area contributed by atoms with Crippen molar-refractivity contribution in [1.29, 1.82) is 0 Å². The molecule has 17 atom stereocenters. The molecular formula is C72H117NO18. The van der Waals surface area contributed by atoms with Crippen molar-refractivity contribution in [3.05, 3.63) is 134 Å². The number of aliphatic hydroxyl groups excluding tert-OH is 11. The monoisotopic (exact) mass is 1280 g/mol. The predicted molar refractivity (Wildman–Crippen MR) is 355 cm³/mol. The Morgan fingerprint density at radius 1 is 0.407 bits per heavy atom. The van der Waals surface area contributed by atoms with Gasteiger partial charge >= 0.3 is 0 Å². The Morgan fingerprint density at radius 3 is 1.23 bits per heavy atom. The van der Waals surface area contributed by atoms with E-state index >= 15 is 0 Å². The average molecular weight is 1280 g/mol. The lowest BCUT2D eigenvalue weighted by Gasteiger charge is -2.48. The first kappa shape index (κ1) is 81.2. The number of ether oxygens (including phenoxy) is 6. The number of carbonyl (C=O) groups excluding carboxylic acids is 1. The lowest BCUT2D eigenvalue weighted by atomic mass is 9.96. The second kappa shape index (κ2) is 52.2. The van der Waals surface area contributed by atoms with E-state index < -0.39 is 124 Å². The molecule has 12 N–H and O–H groups in total. The topological polar surface area (TPSA) is 307 Å². The molecule has 0 aliphatic carbocycles. The van der Waals surface area contributed by atoms with Gasteiger partial charge in [-0.2, -0.15) is 0 Å². The van der Waals surface area contributed by atoms with Crippen LogP contribution in [0.5, 0.6) is 0 Å². The van der Waals surface area contributed by atoms with E-state index in [-0.39, 0.29) is 18.9 Å². The van der Waals surface area contributed by atoms with Crippen LogP contribution < -0.4 is 5.32 Å². The molecule has 17 unspecified atom stereocenters. The lowest BCUT2D eigenvalue weighted by Crippen LogP contribution is -2.66. The number of carbonyl (C=O) groups is 1. The fraction of sp³-hybridized carbons (Fsp3) is 0.681. The molecule has 3 saturated heterocycles. The molecule has 0 bridgehead atoms. The molecule has 3 rings (SSSR count). The molecule has 0 spiro atoms. The van der Waals surface area contributed by atoms with Crippen LogP contribution in [0.4, 0.5) is 0 Å². The molecule has 91 heavy (non-hydrogen) atoms. The van der Waals surface area contributed by atoms with Crippen LogP contribution in [-0.2, 0) is 33.2 Å². The summed E-state index contributed by atoms with van der Waals surface area (Å²) >= 11 is 0. The highest BCUT2D eigenvalue weighted by Gasteiger charge is 2.53. The van der Waals surface area contributed by atoms with Gasteiger partial charge in [-0.3, -0.25) is 4.79 Å². The van der Waals surface area contributed by atoms with E-state index in [1.165, 1.54) is 38.5 Å². The zero-order valence-corrected chi connectivity index (χ0v) is 54.5. The first-order chi connectivity index (χ1) is 44.3. The maximum Gasteiger partial charge on any atom is 0.220 e. The molecule has 0 aromatic heterocycles. The molecule has 19 nitrogen and oxygen atoms in total. The van der Waals surface area contributed by atoms with Crippen molar-refractivity contribution >= 4 is 5.91 Å². The van der Waals surface area contributed by atoms with Gasteiger partial charge in [-0.05, 0) is 103 Å². The van der Waals surface area contributed by atoms with Crippen LogP contribution in [-0.4, -0.2) is 193 Å². The van der Waals surface area contributed by atoms with E-state index in [4.69, 9.17) is 28.4 Å². The summed E-state index contributed by atoms with van der Waals surface area (Å²) in [6.45, 7) is 1.53. The van der Waals surface area contributed by atoms with Gasteiger partial charge in [0.1, 0.15) is 73.2 Å². The minimum atomic E-state index is -1.99. The molecule has 518 valence electrons. The van der Waals surface area contributed by atoms with Crippen molar-refractivity contribution in [3.8, 4) is 0 Å². The van der Waals surface area contributed by atoms with Crippen LogP contribution >= 0.6 is 0 Å². The van der Waals surface area contributed by atoms with Gasteiger partial charge in [-0.25, -0.2) is 0 Å². The lowest BCUT2D eigenvalue weighted by molar-refractivity contribution is -0.379. The normalized spacial score (nSPS) is 28.7. The molecule has 0 radical (unpaired) electrons. The van der Waals surface area contributed by atoms with E-state index in [0.29, 0.717) is 12.8 Å². The molecule has 3 aliphatic heterocycles. The first-order valence-electron chi connectivity index (χ1n) is 33.9. The Bertz CT molecular complexity index is 2170. The van der Waals surface area contributed by atoms with Gasteiger partial charge in [0.25, 0.3) is 0 Å². The third kappa shape index (κ3) is 34.3. The van der Waals surface area contributed by atoms with E-state index in [9.17, 15) is 61.0 Å². The summed E-state index contributed by atoms with van der Waals surface area (Å²) in [6.07, 6.45) is 45.8. The van der Waals surface area contributed by atoms with E-state index in [0.717, 1.165) is 109 Å². The smallest absolute Gasteiger partial charge is 0.220 e. The second-order valence-corrected chi connectivity index (χ2v) is 23.5. The Balaban J connectivity index is 1.41. The van der Waals surface area contributed by atoms with Gasteiger partial charge in [-0.1, -0.05) is 205 Å². The summed E-state index contributed by atoms with van der Waals surface area (Å²) in [5.74, 6) is -0.312. The van der Waals surface area contributed by atoms with Crippen LogP contribution in [0.3, 0.4) is 0 Å². The number of hydrogen-bond donors (Lipinski definition) is 12. The van der Waals surface area contributed by atoms with Gasteiger partial charge in [0.15, 0.2) is 18.9 Å². The Labute approximate surface area is 543 Å². The fourth-order valence-corrected chi connectivity index (χ4v) is 10.4. The Kier molecular flexibility index (Phi) is 46.6. The third-order valence-corrected chi connectivity index (χ3v) is 15.9. The SMILES string of the molecule is CC/C=C\C/C=C\C/C=C\C/C=C\C/C=C\C/C=C\C/C=C\C/C=C\C/C=C\CCCCCCCC(=O)NC(COC1OC(CO)C(OC2OC(CO)C(OC3OC(CO)C(O)C(O)C3O)C(O)C2O)C(O)C1O)C(O)/C=C/CC/C=C/CCCCCCCCC.